The van der Waals surface area contributed by atoms with E-state index >= 15 is 0 Å². The number of aromatic nitrogens is 2. The number of pyridine rings is 1. The Morgan fingerprint density at radius 1 is 1.60 bits per heavy atom. The van der Waals surface area contributed by atoms with E-state index in [1.165, 1.54) is 0 Å². The summed E-state index contributed by atoms with van der Waals surface area (Å²) in [7, 11) is 1.65. The van der Waals surface area contributed by atoms with E-state index in [1.807, 2.05) is 22.7 Å². The average molecular weight is 270 g/mol. The fourth-order valence-corrected chi connectivity index (χ4v) is 2.03. The van der Waals surface area contributed by atoms with E-state index in [4.69, 9.17) is 10.5 Å². The zero-order chi connectivity index (χ0) is 10.8. The van der Waals surface area contributed by atoms with Crippen molar-refractivity contribution in [2.24, 2.45) is 5.73 Å². The topological polar surface area (TPSA) is 52.5 Å². The summed E-state index contributed by atoms with van der Waals surface area (Å²) in [4.78, 5) is 4.40. The molecule has 0 aliphatic rings. The van der Waals surface area contributed by atoms with E-state index in [0.717, 1.165) is 28.1 Å². The summed E-state index contributed by atoms with van der Waals surface area (Å²) in [5.41, 5.74) is 6.52. The monoisotopic (exact) mass is 269 g/mol. The van der Waals surface area contributed by atoms with E-state index in [1.54, 1.807) is 7.11 Å². The molecule has 5 heteroatoms. The first-order valence-corrected chi connectivity index (χ1v) is 5.46. The number of halogens is 1. The van der Waals surface area contributed by atoms with Gasteiger partial charge in [0.2, 0.25) is 0 Å². The molecule has 2 heterocycles. The fraction of sp³-hybridized carbons (Fsp3) is 0.300. The van der Waals surface area contributed by atoms with Crippen LogP contribution in [0.4, 0.5) is 0 Å². The zero-order valence-corrected chi connectivity index (χ0v) is 9.99. The van der Waals surface area contributed by atoms with Gasteiger partial charge in [0.1, 0.15) is 16.2 Å². The molecule has 0 amide bonds. The highest BCUT2D eigenvalue weighted by Crippen LogP contribution is 2.23. The average Bonchev–Trinajstić information content (AvgIpc) is 2.56. The number of methoxy groups -OCH3 is 1. The second-order valence-electron chi connectivity index (χ2n) is 3.18. The molecule has 2 aromatic rings. The van der Waals surface area contributed by atoms with Crippen molar-refractivity contribution < 1.29 is 4.74 Å². The molecule has 0 aliphatic heterocycles. The largest absolute Gasteiger partial charge is 0.497 e. The second-order valence-corrected chi connectivity index (χ2v) is 3.93. The summed E-state index contributed by atoms with van der Waals surface area (Å²) >= 11 is 3.42. The molecule has 2 N–H and O–H groups in total. The van der Waals surface area contributed by atoms with Crippen LogP contribution in [0.3, 0.4) is 0 Å². The van der Waals surface area contributed by atoms with Gasteiger partial charge < -0.3 is 14.9 Å². The van der Waals surface area contributed by atoms with E-state index < -0.39 is 0 Å². The van der Waals surface area contributed by atoms with Gasteiger partial charge in [-0.2, -0.15) is 0 Å². The molecule has 2 rings (SSSR count). The van der Waals surface area contributed by atoms with Crippen LogP contribution in [0.1, 0.15) is 5.82 Å². The van der Waals surface area contributed by atoms with Gasteiger partial charge in [-0.25, -0.2) is 4.98 Å². The summed E-state index contributed by atoms with van der Waals surface area (Å²) in [6, 6.07) is 3.85. The Morgan fingerprint density at radius 3 is 3.07 bits per heavy atom. The molecule has 0 unspecified atom stereocenters. The van der Waals surface area contributed by atoms with E-state index in [-0.39, 0.29) is 0 Å². The van der Waals surface area contributed by atoms with Crippen LogP contribution in [0, 0.1) is 0 Å². The van der Waals surface area contributed by atoms with Crippen LogP contribution in [0.5, 0.6) is 5.75 Å². The third-order valence-electron chi connectivity index (χ3n) is 2.25. The molecule has 80 valence electrons. The Hall–Kier alpha value is -1.07. The molecular formula is C10H12BrN3O. The first kappa shape index (κ1) is 10.4. The molecule has 0 saturated heterocycles. The van der Waals surface area contributed by atoms with Crippen LogP contribution >= 0.6 is 15.9 Å². The van der Waals surface area contributed by atoms with Gasteiger partial charge in [-0.3, -0.25) is 0 Å². The number of nitrogens with two attached hydrogens (primary N) is 1. The van der Waals surface area contributed by atoms with Crippen molar-refractivity contribution in [2.45, 2.75) is 6.42 Å². The smallest absolute Gasteiger partial charge is 0.132 e. The molecule has 0 saturated carbocycles. The van der Waals surface area contributed by atoms with Crippen LogP contribution in [0.15, 0.2) is 22.9 Å². The predicted molar refractivity (Wildman–Crippen MR) is 62.2 cm³/mol. The van der Waals surface area contributed by atoms with Crippen LogP contribution in [-0.2, 0) is 6.42 Å². The minimum absolute atomic E-state index is 0.595. The number of imidazole rings is 1. The first-order chi connectivity index (χ1) is 7.26. The SMILES string of the molecule is COc1ccn2c(CCN)nc(Br)c2c1. The standard InChI is InChI=1S/C10H12BrN3O/c1-15-7-3-5-14-8(6-7)10(11)13-9(14)2-4-12/h3,5-6H,2,4,12H2,1H3. The van der Waals surface area contributed by atoms with Crippen LogP contribution < -0.4 is 10.5 Å². The lowest BCUT2D eigenvalue weighted by Crippen LogP contribution is -2.06. The lowest BCUT2D eigenvalue weighted by molar-refractivity contribution is 0.414. The molecule has 0 fully saturated rings. The number of hydrogen-bond acceptors (Lipinski definition) is 3. The highest BCUT2D eigenvalue weighted by molar-refractivity contribution is 9.10. The summed E-state index contributed by atoms with van der Waals surface area (Å²) in [6.07, 6.45) is 2.70. The van der Waals surface area contributed by atoms with E-state index in [2.05, 4.69) is 20.9 Å². The quantitative estimate of drug-likeness (QED) is 0.921. The molecular weight excluding hydrogens is 258 g/mol. The molecule has 0 aromatic carbocycles. The van der Waals surface area contributed by atoms with Crippen molar-refractivity contribution in [1.82, 2.24) is 9.38 Å². The molecule has 0 spiro atoms. The maximum atomic E-state index is 5.52. The highest BCUT2D eigenvalue weighted by Gasteiger charge is 2.08. The van der Waals surface area contributed by atoms with Crippen LogP contribution in [0.2, 0.25) is 0 Å². The molecule has 0 atom stereocenters. The predicted octanol–water partition coefficient (Wildman–Crippen LogP) is 1.61. The molecule has 0 radical (unpaired) electrons. The summed E-state index contributed by atoms with van der Waals surface area (Å²) in [6.45, 7) is 0.595. The van der Waals surface area contributed by atoms with Crippen molar-refractivity contribution in [3.8, 4) is 5.75 Å². The minimum atomic E-state index is 0.595. The fourth-order valence-electron chi connectivity index (χ4n) is 1.52. The van der Waals surface area contributed by atoms with Crippen molar-refractivity contribution in [3.63, 3.8) is 0 Å². The molecule has 15 heavy (non-hydrogen) atoms. The number of fused-ring (bicyclic) bond motifs is 1. The highest BCUT2D eigenvalue weighted by atomic mass is 79.9. The van der Waals surface area contributed by atoms with E-state index in [0.29, 0.717) is 6.54 Å². The third-order valence-corrected chi connectivity index (χ3v) is 2.83. The third kappa shape index (κ3) is 1.85. The van der Waals surface area contributed by atoms with Crippen molar-refractivity contribution in [1.29, 1.82) is 0 Å². The lowest BCUT2D eigenvalue weighted by atomic mass is 10.3. The minimum Gasteiger partial charge on any atom is -0.497 e. The van der Waals surface area contributed by atoms with Crippen molar-refractivity contribution in [3.05, 3.63) is 28.8 Å². The normalized spacial score (nSPS) is 10.9. The Morgan fingerprint density at radius 2 is 2.40 bits per heavy atom. The van der Waals surface area contributed by atoms with Gasteiger partial charge in [-0.05, 0) is 28.5 Å². The van der Waals surface area contributed by atoms with Crippen molar-refractivity contribution >= 4 is 21.4 Å². The summed E-state index contributed by atoms with van der Waals surface area (Å²) in [5, 5.41) is 0. The Bertz CT molecular complexity index is 481. The summed E-state index contributed by atoms with van der Waals surface area (Å²) in [5.74, 6) is 1.78. The van der Waals surface area contributed by atoms with Gasteiger partial charge in [-0.15, -0.1) is 0 Å². The molecule has 0 bridgehead atoms. The van der Waals surface area contributed by atoms with Crippen LogP contribution in [-0.4, -0.2) is 23.0 Å². The maximum Gasteiger partial charge on any atom is 0.132 e. The Kier molecular flexibility index (Phi) is 2.93. The summed E-state index contributed by atoms with van der Waals surface area (Å²) < 4.78 is 8.00. The molecule has 0 aliphatic carbocycles. The van der Waals surface area contributed by atoms with Crippen molar-refractivity contribution in [2.75, 3.05) is 13.7 Å². The lowest BCUT2D eigenvalue weighted by Gasteiger charge is -2.02. The van der Waals surface area contributed by atoms with Gasteiger partial charge in [0.15, 0.2) is 0 Å². The number of rotatable bonds is 3. The van der Waals surface area contributed by atoms with Gasteiger partial charge in [0.05, 0.1) is 12.6 Å². The number of hydrogen-bond donors (Lipinski definition) is 1. The first-order valence-electron chi connectivity index (χ1n) is 4.67. The maximum absolute atomic E-state index is 5.52. The van der Waals surface area contributed by atoms with Crippen LogP contribution in [0.25, 0.3) is 5.52 Å². The zero-order valence-electron chi connectivity index (χ0n) is 8.40. The van der Waals surface area contributed by atoms with Gasteiger partial charge in [-0.1, -0.05) is 0 Å². The number of ether oxygens (including phenoxy) is 1. The molecule has 4 nitrogen and oxygen atoms in total. The van der Waals surface area contributed by atoms with Gasteiger partial charge in [0, 0.05) is 18.7 Å². The van der Waals surface area contributed by atoms with E-state index in [9.17, 15) is 0 Å². The Balaban J connectivity index is 2.59. The molecule has 2 aromatic heterocycles. The number of nitrogens with zero attached hydrogens (tertiary/aromatic N) is 2. The second kappa shape index (κ2) is 4.20. The Labute approximate surface area is 96.2 Å². The van der Waals surface area contributed by atoms with Gasteiger partial charge >= 0.3 is 0 Å². The van der Waals surface area contributed by atoms with Gasteiger partial charge in [0.25, 0.3) is 0 Å².